The first-order valence-corrected chi connectivity index (χ1v) is 15.1. The molecule has 10 nitrogen and oxygen atoms in total. The molecule has 4 atom stereocenters. The number of aliphatic hydroxyl groups excluding tert-OH is 1. The number of benzene rings is 1. The lowest BCUT2D eigenvalue weighted by molar-refractivity contribution is -0.128. The van der Waals surface area contributed by atoms with E-state index in [1.54, 1.807) is 19.3 Å². The molecule has 41 heavy (non-hydrogen) atoms. The lowest BCUT2D eigenvalue weighted by Gasteiger charge is -2.42. The summed E-state index contributed by atoms with van der Waals surface area (Å²) in [5, 5.41) is 26.4. The van der Waals surface area contributed by atoms with Gasteiger partial charge in [0.15, 0.2) is 0 Å². The van der Waals surface area contributed by atoms with Gasteiger partial charge in [0.25, 0.3) is 5.91 Å². The molecule has 5 rings (SSSR count). The first kappa shape index (κ1) is 29.3. The Bertz CT molecular complexity index is 1260. The van der Waals surface area contributed by atoms with E-state index in [-0.39, 0.29) is 41.7 Å². The zero-order valence-electron chi connectivity index (χ0n) is 24.4. The Morgan fingerprint density at radius 1 is 1.15 bits per heavy atom. The molecule has 1 aliphatic heterocycles. The van der Waals surface area contributed by atoms with Crippen molar-refractivity contribution in [1.29, 1.82) is 0 Å². The summed E-state index contributed by atoms with van der Waals surface area (Å²) >= 11 is 0. The lowest BCUT2D eigenvalue weighted by atomic mass is 9.66. The van der Waals surface area contributed by atoms with Gasteiger partial charge in [-0.05, 0) is 79.7 Å². The van der Waals surface area contributed by atoms with E-state index in [4.69, 9.17) is 0 Å². The molecular weight excluding hydrogens is 520 g/mol. The van der Waals surface area contributed by atoms with Crippen LogP contribution in [0.25, 0.3) is 0 Å². The number of hydrogen-bond acceptors (Lipinski definition) is 6. The molecule has 2 heterocycles. The highest BCUT2D eigenvalue weighted by atomic mass is 16.3. The number of aromatic nitrogens is 2. The summed E-state index contributed by atoms with van der Waals surface area (Å²) in [5.74, 6) is -0.300. The molecule has 1 saturated heterocycles. The molecule has 3 aliphatic rings. The van der Waals surface area contributed by atoms with Gasteiger partial charge in [0, 0.05) is 18.9 Å². The van der Waals surface area contributed by atoms with E-state index in [2.05, 4.69) is 33.3 Å². The van der Waals surface area contributed by atoms with Crippen LogP contribution >= 0.6 is 0 Å². The monoisotopic (exact) mass is 564 g/mol. The molecule has 0 bridgehead atoms. The fourth-order valence-corrected chi connectivity index (χ4v) is 6.69. The summed E-state index contributed by atoms with van der Waals surface area (Å²) in [5.41, 5.74) is 0.833. The molecule has 0 radical (unpaired) electrons. The zero-order valence-corrected chi connectivity index (χ0v) is 24.4. The van der Waals surface area contributed by atoms with E-state index in [0.29, 0.717) is 36.7 Å². The van der Waals surface area contributed by atoms with Gasteiger partial charge in [-0.25, -0.2) is 0 Å². The third-order valence-electron chi connectivity index (χ3n) is 9.70. The van der Waals surface area contributed by atoms with Crippen molar-refractivity contribution >= 4 is 23.4 Å². The number of anilines is 1. The van der Waals surface area contributed by atoms with Crippen LogP contribution in [0.4, 0.5) is 5.69 Å². The van der Waals surface area contributed by atoms with Gasteiger partial charge in [0.05, 0.1) is 12.6 Å². The number of carbonyl (C=O) groups excluding carboxylic acids is 3. The van der Waals surface area contributed by atoms with Gasteiger partial charge < -0.3 is 21.1 Å². The van der Waals surface area contributed by atoms with Gasteiger partial charge in [-0.2, -0.15) is 5.10 Å². The molecule has 5 N–H and O–H groups in total. The highest BCUT2D eigenvalue weighted by Crippen LogP contribution is 2.58. The molecule has 2 aliphatic carbocycles. The van der Waals surface area contributed by atoms with E-state index in [0.717, 1.165) is 44.1 Å². The second-order valence-corrected chi connectivity index (χ2v) is 12.4. The van der Waals surface area contributed by atoms with Crippen LogP contribution in [0, 0.1) is 17.3 Å². The van der Waals surface area contributed by atoms with E-state index < -0.39 is 11.6 Å². The van der Waals surface area contributed by atoms with Crippen molar-refractivity contribution in [2.24, 2.45) is 24.3 Å². The van der Waals surface area contributed by atoms with Gasteiger partial charge in [-0.3, -0.25) is 24.4 Å². The quantitative estimate of drug-likeness (QED) is 0.269. The first-order valence-electron chi connectivity index (χ1n) is 15.1. The maximum absolute atomic E-state index is 14.1. The Morgan fingerprint density at radius 2 is 1.93 bits per heavy atom. The molecule has 2 saturated carbocycles. The van der Waals surface area contributed by atoms with Crippen molar-refractivity contribution in [3.05, 3.63) is 47.8 Å². The summed E-state index contributed by atoms with van der Waals surface area (Å²) in [4.78, 5) is 40.9. The smallest absolute Gasteiger partial charge is 0.270 e. The molecule has 10 heteroatoms. The van der Waals surface area contributed by atoms with Gasteiger partial charge in [0.1, 0.15) is 17.3 Å². The fourth-order valence-electron chi connectivity index (χ4n) is 6.69. The number of rotatable bonds is 12. The Morgan fingerprint density at radius 3 is 2.49 bits per heavy atom. The SMILES string of the molecule is CC[C@@H](CO)NC(=O)C1(c2cccc(NC(=O)[C@@H](NC(=O)c3ccnn3C)C(C3CCC3)C3(C)CC3)c2)CCCN1. The largest absolute Gasteiger partial charge is 0.394 e. The number of carbonyl (C=O) groups is 3. The highest BCUT2D eigenvalue weighted by Gasteiger charge is 2.54. The third-order valence-corrected chi connectivity index (χ3v) is 9.70. The van der Waals surface area contributed by atoms with Crippen molar-refractivity contribution in [2.45, 2.75) is 82.8 Å². The minimum Gasteiger partial charge on any atom is -0.394 e. The molecule has 3 amide bonds. The Kier molecular flexibility index (Phi) is 8.52. The summed E-state index contributed by atoms with van der Waals surface area (Å²) < 4.78 is 1.52. The summed E-state index contributed by atoms with van der Waals surface area (Å²) in [7, 11) is 1.72. The molecule has 2 aromatic rings. The van der Waals surface area contributed by atoms with Gasteiger partial charge in [0.2, 0.25) is 11.8 Å². The second kappa shape index (κ2) is 11.9. The average molecular weight is 565 g/mol. The Balaban J connectivity index is 1.41. The molecule has 222 valence electrons. The van der Waals surface area contributed by atoms with Crippen LogP contribution in [0.3, 0.4) is 0 Å². The highest BCUT2D eigenvalue weighted by molar-refractivity contribution is 6.01. The number of aliphatic hydroxyl groups is 1. The van der Waals surface area contributed by atoms with E-state index in [1.165, 1.54) is 4.68 Å². The van der Waals surface area contributed by atoms with Crippen LogP contribution in [0.15, 0.2) is 36.5 Å². The topological polar surface area (TPSA) is 137 Å². The molecule has 1 aromatic heterocycles. The van der Waals surface area contributed by atoms with Crippen LogP contribution in [-0.2, 0) is 22.2 Å². The fraction of sp³-hybridized carbons (Fsp3) is 0.613. The number of amides is 3. The predicted octanol–water partition coefficient (Wildman–Crippen LogP) is 2.84. The Hall–Kier alpha value is -3.24. The van der Waals surface area contributed by atoms with E-state index in [1.807, 2.05) is 31.2 Å². The minimum atomic E-state index is -0.938. The molecule has 0 spiro atoms. The van der Waals surface area contributed by atoms with Crippen molar-refractivity contribution in [3.8, 4) is 0 Å². The van der Waals surface area contributed by atoms with Crippen molar-refractivity contribution in [1.82, 2.24) is 25.7 Å². The average Bonchev–Trinajstić information content (AvgIpc) is 3.29. The van der Waals surface area contributed by atoms with E-state index >= 15 is 0 Å². The predicted molar refractivity (Wildman–Crippen MR) is 156 cm³/mol. The number of aryl methyl sites for hydroxylation is 1. The summed E-state index contributed by atoms with van der Waals surface area (Å²) in [6.07, 6.45) is 9.03. The third kappa shape index (κ3) is 5.90. The van der Waals surface area contributed by atoms with E-state index in [9.17, 15) is 19.5 Å². The van der Waals surface area contributed by atoms with Crippen LogP contribution < -0.4 is 21.3 Å². The van der Waals surface area contributed by atoms with Crippen LogP contribution in [0.5, 0.6) is 0 Å². The first-order chi connectivity index (χ1) is 19.7. The number of nitrogens with one attached hydrogen (secondary N) is 4. The summed E-state index contributed by atoms with van der Waals surface area (Å²) in [6.45, 7) is 4.73. The molecule has 2 unspecified atom stereocenters. The minimum absolute atomic E-state index is 0.0210. The maximum Gasteiger partial charge on any atom is 0.270 e. The molecule has 1 aromatic carbocycles. The lowest BCUT2D eigenvalue weighted by Crippen LogP contribution is -2.54. The molecule has 3 fully saturated rings. The van der Waals surface area contributed by atoms with Crippen molar-refractivity contribution < 1.29 is 19.5 Å². The van der Waals surface area contributed by atoms with Gasteiger partial charge >= 0.3 is 0 Å². The van der Waals surface area contributed by atoms with Gasteiger partial charge in [-0.1, -0.05) is 45.2 Å². The standard InChI is InChI=1S/C31H44N6O4/c1-4-22(19-38)35-29(41)31(13-7-16-32-31)21-10-6-11-23(18-21)34-28(40)26(36-27(39)24-12-17-33-37(24)3)25(20-8-5-9-20)30(2)14-15-30/h6,10-12,17-18,20,22,25-26,32,38H,4-5,7-9,13-16,19H2,1-3H3,(H,34,40)(H,35,41)(H,36,39)/t22-,25?,26-,31?/m0/s1. The van der Waals surface area contributed by atoms with Crippen LogP contribution in [0.2, 0.25) is 0 Å². The number of nitrogens with zero attached hydrogens (tertiary/aromatic N) is 2. The van der Waals surface area contributed by atoms with Crippen LogP contribution in [0.1, 0.15) is 81.3 Å². The molecular formula is C31H44N6O4. The zero-order chi connectivity index (χ0) is 29.2. The normalized spacial score (nSPS) is 23.6. The van der Waals surface area contributed by atoms with Crippen molar-refractivity contribution in [3.63, 3.8) is 0 Å². The number of hydrogen-bond donors (Lipinski definition) is 5. The summed E-state index contributed by atoms with van der Waals surface area (Å²) in [6, 6.07) is 8.06. The van der Waals surface area contributed by atoms with Crippen LogP contribution in [-0.4, -0.2) is 57.8 Å². The second-order valence-electron chi connectivity index (χ2n) is 12.4. The maximum atomic E-state index is 14.1. The van der Waals surface area contributed by atoms with Crippen molar-refractivity contribution in [2.75, 3.05) is 18.5 Å². The Labute approximate surface area is 242 Å². The van der Waals surface area contributed by atoms with Gasteiger partial charge in [-0.15, -0.1) is 0 Å².